The highest BCUT2D eigenvalue weighted by Gasteiger charge is 2.27. The van der Waals surface area contributed by atoms with Crippen LogP contribution in [0.1, 0.15) is 65.7 Å². The zero-order chi connectivity index (χ0) is 11.3. The van der Waals surface area contributed by atoms with E-state index in [2.05, 4.69) is 13.8 Å². The van der Waals surface area contributed by atoms with Gasteiger partial charge in [-0.25, -0.2) is 0 Å². The summed E-state index contributed by atoms with van der Waals surface area (Å²) in [6.45, 7) is 6.65. The Kier molecular flexibility index (Phi) is 5.35. The zero-order valence-corrected chi connectivity index (χ0v) is 10.6. The van der Waals surface area contributed by atoms with Gasteiger partial charge in [0.25, 0.3) is 0 Å². The lowest BCUT2D eigenvalue weighted by Gasteiger charge is -2.31. The molecule has 0 spiro atoms. The molecular weight excluding hydrogens is 184 g/mol. The van der Waals surface area contributed by atoms with E-state index in [-0.39, 0.29) is 0 Å². The van der Waals surface area contributed by atoms with Crippen molar-refractivity contribution in [2.75, 3.05) is 0 Å². The minimum absolute atomic E-state index is 0.403. The molecule has 1 saturated carbocycles. The quantitative estimate of drug-likeness (QED) is 0.664. The molecule has 15 heavy (non-hydrogen) atoms. The standard InChI is InChI=1S/C14H26O/c1-4-6-11(3)12-7-9-13(10-8-12)14(15)5-2/h11-13H,4-10H2,1-3H3. The molecule has 1 aliphatic rings. The number of Topliss-reactive ketones (excluding diaryl/α,β-unsaturated/α-hetero) is 1. The topological polar surface area (TPSA) is 17.1 Å². The number of rotatable bonds is 5. The molecule has 0 aromatic carbocycles. The van der Waals surface area contributed by atoms with Gasteiger partial charge in [-0.2, -0.15) is 0 Å². The van der Waals surface area contributed by atoms with E-state index in [9.17, 15) is 4.79 Å². The molecule has 88 valence electrons. The summed E-state index contributed by atoms with van der Waals surface area (Å²) in [6, 6.07) is 0. The highest BCUT2D eigenvalue weighted by atomic mass is 16.1. The summed E-state index contributed by atoms with van der Waals surface area (Å²) >= 11 is 0. The van der Waals surface area contributed by atoms with E-state index in [0.717, 1.165) is 31.1 Å². The van der Waals surface area contributed by atoms with Crippen LogP contribution in [-0.4, -0.2) is 5.78 Å². The van der Waals surface area contributed by atoms with Crippen LogP contribution in [0.2, 0.25) is 0 Å². The third-order valence-corrected chi connectivity index (χ3v) is 4.12. The third-order valence-electron chi connectivity index (χ3n) is 4.12. The van der Waals surface area contributed by atoms with E-state index in [1.807, 2.05) is 6.92 Å². The summed E-state index contributed by atoms with van der Waals surface area (Å²) in [5.41, 5.74) is 0. The van der Waals surface area contributed by atoms with Crippen LogP contribution in [0.15, 0.2) is 0 Å². The molecule has 0 amide bonds. The Labute approximate surface area is 94.6 Å². The number of hydrogen-bond acceptors (Lipinski definition) is 1. The summed E-state index contributed by atoms with van der Waals surface area (Å²) in [6.07, 6.45) is 8.29. The molecule has 0 aromatic rings. The van der Waals surface area contributed by atoms with E-state index < -0.39 is 0 Å². The van der Waals surface area contributed by atoms with Gasteiger partial charge < -0.3 is 0 Å². The van der Waals surface area contributed by atoms with E-state index in [0.29, 0.717) is 11.7 Å². The first-order valence-electron chi connectivity index (χ1n) is 6.71. The molecule has 0 saturated heterocycles. The van der Waals surface area contributed by atoms with Gasteiger partial charge in [0.15, 0.2) is 0 Å². The largest absolute Gasteiger partial charge is 0.299 e. The SMILES string of the molecule is CCCC(C)C1CCC(C(=O)CC)CC1. The summed E-state index contributed by atoms with van der Waals surface area (Å²) in [5, 5.41) is 0. The van der Waals surface area contributed by atoms with Gasteiger partial charge in [0.05, 0.1) is 0 Å². The van der Waals surface area contributed by atoms with Crippen LogP contribution in [0, 0.1) is 17.8 Å². The van der Waals surface area contributed by atoms with Crippen LogP contribution >= 0.6 is 0 Å². The maximum atomic E-state index is 11.6. The predicted octanol–water partition coefficient (Wildman–Crippen LogP) is 4.21. The number of carbonyl (C=O) groups is 1. The predicted molar refractivity (Wildman–Crippen MR) is 64.8 cm³/mol. The fraction of sp³-hybridized carbons (Fsp3) is 0.929. The molecule has 1 unspecified atom stereocenters. The van der Waals surface area contributed by atoms with Crippen molar-refractivity contribution in [2.24, 2.45) is 17.8 Å². The lowest BCUT2D eigenvalue weighted by Crippen LogP contribution is -2.24. The Bertz CT molecular complexity index is 190. The molecule has 1 fully saturated rings. The Morgan fingerprint density at radius 1 is 1.20 bits per heavy atom. The lowest BCUT2D eigenvalue weighted by atomic mass is 9.74. The van der Waals surface area contributed by atoms with Crippen LogP contribution in [0.4, 0.5) is 0 Å². The van der Waals surface area contributed by atoms with Gasteiger partial charge in [-0.1, -0.05) is 33.6 Å². The first-order valence-corrected chi connectivity index (χ1v) is 6.71. The Hall–Kier alpha value is -0.330. The number of hydrogen-bond donors (Lipinski definition) is 0. The van der Waals surface area contributed by atoms with Gasteiger partial charge in [-0.15, -0.1) is 0 Å². The average molecular weight is 210 g/mol. The highest BCUT2D eigenvalue weighted by Crippen LogP contribution is 2.35. The molecule has 0 N–H and O–H groups in total. The Balaban J connectivity index is 2.32. The van der Waals surface area contributed by atoms with Crippen LogP contribution in [0.25, 0.3) is 0 Å². The van der Waals surface area contributed by atoms with Crippen molar-refractivity contribution in [1.82, 2.24) is 0 Å². The third kappa shape index (κ3) is 3.62. The number of carbonyl (C=O) groups excluding carboxylic acids is 1. The normalized spacial score (nSPS) is 28.7. The van der Waals surface area contributed by atoms with Crippen molar-refractivity contribution < 1.29 is 4.79 Å². The van der Waals surface area contributed by atoms with Gasteiger partial charge in [0.2, 0.25) is 0 Å². The average Bonchev–Trinajstić information content (AvgIpc) is 2.28. The molecule has 1 atom stereocenters. The van der Waals surface area contributed by atoms with Crippen LogP contribution in [0.3, 0.4) is 0 Å². The van der Waals surface area contributed by atoms with Crippen molar-refractivity contribution >= 4 is 5.78 Å². The van der Waals surface area contributed by atoms with Gasteiger partial charge >= 0.3 is 0 Å². The Morgan fingerprint density at radius 2 is 1.80 bits per heavy atom. The van der Waals surface area contributed by atoms with Crippen molar-refractivity contribution in [1.29, 1.82) is 0 Å². The van der Waals surface area contributed by atoms with Gasteiger partial charge in [0, 0.05) is 12.3 Å². The second-order valence-corrected chi connectivity index (χ2v) is 5.20. The molecule has 0 radical (unpaired) electrons. The summed E-state index contributed by atoms with van der Waals surface area (Å²) < 4.78 is 0. The first-order chi connectivity index (χ1) is 7.19. The summed E-state index contributed by atoms with van der Waals surface area (Å²) in [4.78, 5) is 11.6. The van der Waals surface area contributed by atoms with Crippen LogP contribution in [-0.2, 0) is 4.79 Å². The second kappa shape index (κ2) is 6.30. The van der Waals surface area contributed by atoms with E-state index >= 15 is 0 Å². The summed E-state index contributed by atoms with van der Waals surface area (Å²) in [7, 11) is 0. The van der Waals surface area contributed by atoms with Crippen LogP contribution < -0.4 is 0 Å². The molecule has 0 heterocycles. The second-order valence-electron chi connectivity index (χ2n) is 5.20. The highest BCUT2D eigenvalue weighted by molar-refractivity contribution is 5.80. The van der Waals surface area contributed by atoms with Crippen molar-refractivity contribution in [3.63, 3.8) is 0 Å². The molecule has 0 bridgehead atoms. The monoisotopic (exact) mass is 210 g/mol. The van der Waals surface area contributed by atoms with Crippen LogP contribution in [0.5, 0.6) is 0 Å². The minimum Gasteiger partial charge on any atom is -0.299 e. The van der Waals surface area contributed by atoms with Gasteiger partial charge in [-0.3, -0.25) is 4.79 Å². The minimum atomic E-state index is 0.403. The molecular formula is C14H26O. The summed E-state index contributed by atoms with van der Waals surface area (Å²) in [5.74, 6) is 2.66. The van der Waals surface area contributed by atoms with Crippen molar-refractivity contribution in [3.05, 3.63) is 0 Å². The smallest absolute Gasteiger partial charge is 0.135 e. The van der Waals surface area contributed by atoms with Crippen molar-refractivity contribution in [2.45, 2.75) is 65.7 Å². The molecule has 0 aromatic heterocycles. The van der Waals surface area contributed by atoms with Gasteiger partial charge in [0.1, 0.15) is 5.78 Å². The van der Waals surface area contributed by atoms with E-state index in [4.69, 9.17) is 0 Å². The number of ketones is 1. The molecule has 1 heteroatoms. The Morgan fingerprint density at radius 3 is 2.27 bits per heavy atom. The van der Waals surface area contributed by atoms with Crippen molar-refractivity contribution in [3.8, 4) is 0 Å². The lowest BCUT2D eigenvalue weighted by molar-refractivity contribution is -0.123. The molecule has 1 nitrogen and oxygen atoms in total. The van der Waals surface area contributed by atoms with Gasteiger partial charge in [-0.05, 0) is 37.5 Å². The molecule has 0 aliphatic heterocycles. The van der Waals surface area contributed by atoms with E-state index in [1.54, 1.807) is 0 Å². The van der Waals surface area contributed by atoms with E-state index in [1.165, 1.54) is 25.7 Å². The first kappa shape index (κ1) is 12.7. The maximum Gasteiger partial charge on any atom is 0.135 e. The zero-order valence-electron chi connectivity index (χ0n) is 10.6. The molecule has 1 rings (SSSR count). The fourth-order valence-corrected chi connectivity index (χ4v) is 2.99. The fourth-order valence-electron chi connectivity index (χ4n) is 2.99. The molecule has 1 aliphatic carbocycles. The maximum absolute atomic E-state index is 11.6.